The van der Waals surface area contributed by atoms with Crippen molar-refractivity contribution in [2.24, 2.45) is 0 Å². The van der Waals surface area contributed by atoms with E-state index in [0.29, 0.717) is 11.3 Å². The minimum absolute atomic E-state index is 0.0403. The Bertz CT molecular complexity index is 1250. The first kappa shape index (κ1) is 19.6. The van der Waals surface area contributed by atoms with E-state index in [1.165, 1.54) is 19.1 Å². The molecule has 0 unspecified atom stereocenters. The van der Waals surface area contributed by atoms with Gasteiger partial charge in [0, 0.05) is 22.9 Å². The molecule has 0 spiro atoms. The Balaban J connectivity index is 1.78. The Morgan fingerprint density at radius 3 is 2.07 bits per heavy atom. The molecule has 2 heterocycles. The number of alkyl halides is 3. The zero-order chi connectivity index (χ0) is 21.5. The SMILES string of the molecule is CC(=O)c1ccc(-c2cc(C(=O)c3ccc(C(F)(F)F)cc3)n3ccccc23)cc1. The van der Waals surface area contributed by atoms with Crippen LogP contribution >= 0.6 is 0 Å². The lowest BCUT2D eigenvalue weighted by Crippen LogP contribution is -2.08. The molecule has 0 aliphatic rings. The summed E-state index contributed by atoms with van der Waals surface area (Å²) in [5, 5.41) is 0. The lowest BCUT2D eigenvalue weighted by molar-refractivity contribution is -0.137. The van der Waals surface area contributed by atoms with Crippen molar-refractivity contribution in [1.29, 1.82) is 0 Å². The van der Waals surface area contributed by atoms with E-state index in [4.69, 9.17) is 0 Å². The quantitative estimate of drug-likeness (QED) is 0.386. The molecule has 0 aliphatic carbocycles. The molecule has 0 radical (unpaired) electrons. The average molecular weight is 407 g/mol. The smallest absolute Gasteiger partial charge is 0.313 e. The Hall–Kier alpha value is -3.67. The van der Waals surface area contributed by atoms with Crippen LogP contribution in [0.2, 0.25) is 0 Å². The lowest BCUT2D eigenvalue weighted by Gasteiger charge is -2.07. The van der Waals surface area contributed by atoms with E-state index in [1.54, 1.807) is 34.9 Å². The standard InChI is InChI=1S/C24H16F3NO2/c1-15(29)16-5-7-17(8-6-16)20-14-22(28-13-3-2-4-21(20)28)23(30)18-9-11-19(12-10-18)24(25,26)27/h2-14H,1H3. The first-order valence-electron chi connectivity index (χ1n) is 9.19. The Morgan fingerprint density at radius 1 is 0.833 bits per heavy atom. The van der Waals surface area contributed by atoms with Gasteiger partial charge in [0.15, 0.2) is 5.78 Å². The highest BCUT2D eigenvalue weighted by Crippen LogP contribution is 2.31. The summed E-state index contributed by atoms with van der Waals surface area (Å²) in [5.41, 5.74) is 2.70. The van der Waals surface area contributed by atoms with Gasteiger partial charge >= 0.3 is 6.18 Å². The molecule has 0 bridgehead atoms. The fourth-order valence-electron chi connectivity index (χ4n) is 3.40. The van der Waals surface area contributed by atoms with Crippen LogP contribution in [0, 0.1) is 0 Å². The van der Waals surface area contributed by atoms with Gasteiger partial charge < -0.3 is 4.40 Å². The summed E-state index contributed by atoms with van der Waals surface area (Å²) in [6, 6.07) is 18.5. The van der Waals surface area contributed by atoms with Crippen molar-refractivity contribution in [3.8, 4) is 11.1 Å². The zero-order valence-corrected chi connectivity index (χ0v) is 15.9. The number of hydrogen-bond acceptors (Lipinski definition) is 2. The van der Waals surface area contributed by atoms with Gasteiger partial charge in [0.2, 0.25) is 5.78 Å². The molecule has 0 aliphatic heterocycles. The number of hydrogen-bond donors (Lipinski definition) is 0. The highest BCUT2D eigenvalue weighted by Gasteiger charge is 2.30. The summed E-state index contributed by atoms with van der Waals surface area (Å²) in [6.07, 6.45) is -2.72. The number of Topliss-reactive ketones (excluding diaryl/α,β-unsaturated/α-hetero) is 1. The van der Waals surface area contributed by atoms with Crippen LogP contribution in [-0.2, 0) is 6.18 Å². The van der Waals surface area contributed by atoms with Gasteiger partial charge in [-0.25, -0.2) is 0 Å². The maximum atomic E-state index is 13.1. The maximum Gasteiger partial charge on any atom is 0.416 e. The second-order valence-corrected chi connectivity index (χ2v) is 6.94. The third-order valence-electron chi connectivity index (χ3n) is 4.99. The molecule has 30 heavy (non-hydrogen) atoms. The predicted molar refractivity (Wildman–Crippen MR) is 108 cm³/mol. The number of fused-ring (bicyclic) bond motifs is 1. The summed E-state index contributed by atoms with van der Waals surface area (Å²) < 4.78 is 40.1. The molecule has 6 heteroatoms. The normalized spacial score (nSPS) is 11.6. The van der Waals surface area contributed by atoms with E-state index in [2.05, 4.69) is 0 Å². The van der Waals surface area contributed by atoms with Crippen LogP contribution in [0.3, 0.4) is 0 Å². The fraction of sp³-hybridized carbons (Fsp3) is 0.0833. The Labute approximate surface area is 170 Å². The number of pyridine rings is 1. The summed E-state index contributed by atoms with van der Waals surface area (Å²) in [5.74, 6) is -0.419. The minimum atomic E-state index is -4.46. The summed E-state index contributed by atoms with van der Waals surface area (Å²) in [7, 11) is 0. The molecule has 0 saturated heterocycles. The first-order chi connectivity index (χ1) is 14.3. The third-order valence-corrected chi connectivity index (χ3v) is 4.99. The van der Waals surface area contributed by atoms with Crippen LogP contribution in [0.4, 0.5) is 13.2 Å². The Kier molecular flexibility index (Phi) is 4.78. The van der Waals surface area contributed by atoms with Crippen molar-refractivity contribution < 1.29 is 22.8 Å². The monoisotopic (exact) mass is 407 g/mol. The molecular weight excluding hydrogens is 391 g/mol. The zero-order valence-electron chi connectivity index (χ0n) is 15.9. The third kappa shape index (κ3) is 3.52. The number of carbonyl (C=O) groups excluding carboxylic acids is 2. The van der Waals surface area contributed by atoms with Gasteiger partial charge in [0.25, 0.3) is 0 Å². The molecule has 2 aromatic carbocycles. The molecule has 0 amide bonds. The van der Waals surface area contributed by atoms with Crippen molar-refractivity contribution >= 4 is 17.1 Å². The first-order valence-corrected chi connectivity index (χ1v) is 9.19. The summed E-state index contributed by atoms with van der Waals surface area (Å²) in [6.45, 7) is 1.49. The van der Waals surface area contributed by atoms with Crippen LogP contribution in [0.5, 0.6) is 0 Å². The highest BCUT2D eigenvalue weighted by atomic mass is 19.4. The Morgan fingerprint density at radius 2 is 1.47 bits per heavy atom. The van der Waals surface area contributed by atoms with E-state index in [1.807, 2.05) is 24.3 Å². The molecule has 0 N–H and O–H groups in total. The van der Waals surface area contributed by atoms with Crippen LogP contribution in [0.25, 0.3) is 16.6 Å². The van der Waals surface area contributed by atoms with Crippen LogP contribution in [0.15, 0.2) is 79.0 Å². The molecule has 0 atom stereocenters. The van der Waals surface area contributed by atoms with Crippen LogP contribution < -0.4 is 0 Å². The van der Waals surface area contributed by atoms with Gasteiger partial charge in [-0.3, -0.25) is 9.59 Å². The predicted octanol–water partition coefficient (Wildman–Crippen LogP) is 6.06. The van der Waals surface area contributed by atoms with Crippen molar-refractivity contribution in [3.05, 3.63) is 101 Å². The molecule has 2 aromatic heterocycles. The molecule has 3 nitrogen and oxygen atoms in total. The highest BCUT2D eigenvalue weighted by molar-refractivity contribution is 6.10. The topological polar surface area (TPSA) is 38.5 Å². The van der Waals surface area contributed by atoms with Gasteiger partial charge in [0.1, 0.15) is 0 Å². The van der Waals surface area contributed by atoms with Crippen molar-refractivity contribution in [3.63, 3.8) is 0 Å². The average Bonchev–Trinajstić information content (AvgIpc) is 3.12. The van der Waals surface area contributed by atoms with Gasteiger partial charge in [0.05, 0.1) is 16.8 Å². The minimum Gasteiger partial charge on any atom is -0.313 e. The second kappa shape index (κ2) is 7.30. The van der Waals surface area contributed by atoms with Crippen molar-refractivity contribution in [2.45, 2.75) is 13.1 Å². The number of rotatable bonds is 4. The van der Waals surface area contributed by atoms with E-state index >= 15 is 0 Å². The molecule has 150 valence electrons. The number of benzene rings is 2. The van der Waals surface area contributed by atoms with E-state index < -0.39 is 11.7 Å². The molecular formula is C24H16F3NO2. The van der Waals surface area contributed by atoms with E-state index in [0.717, 1.165) is 28.8 Å². The van der Waals surface area contributed by atoms with Crippen molar-refractivity contribution in [2.75, 3.05) is 0 Å². The van der Waals surface area contributed by atoms with Crippen molar-refractivity contribution in [1.82, 2.24) is 4.40 Å². The van der Waals surface area contributed by atoms with Gasteiger partial charge in [-0.2, -0.15) is 13.2 Å². The van der Waals surface area contributed by atoms with E-state index in [-0.39, 0.29) is 17.1 Å². The summed E-state index contributed by atoms with van der Waals surface area (Å²) in [4.78, 5) is 24.6. The molecule has 4 aromatic rings. The van der Waals surface area contributed by atoms with Crippen LogP contribution in [-0.4, -0.2) is 16.0 Å². The van der Waals surface area contributed by atoms with E-state index in [9.17, 15) is 22.8 Å². The lowest BCUT2D eigenvalue weighted by atomic mass is 10.0. The number of halogens is 3. The fourth-order valence-corrected chi connectivity index (χ4v) is 3.40. The van der Waals surface area contributed by atoms with Gasteiger partial charge in [-0.1, -0.05) is 42.5 Å². The molecule has 4 rings (SSSR count). The molecule has 0 fully saturated rings. The maximum absolute atomic E-state index is 13.1. The second-order valence-electron chi connectivity index (χ2n) is 6.94. The number of ketones is 2. The van der Waals surface area contributed by atoms with Gasteiger partial charge in [-0.15, -0.1) is 0 Å². The van der Waals surface area contributed by atoms with Crippen LogP contribution in [0.1, 0.15) is 38.9 Å². The van der Waals surface area contributed by atoms with Gasteiger partial charge in [-0.05, 0) is 42.8 Å². The molecule has 0 saturated carbocycles. The number of aromatic nitrogens is 1. The number of nitrogens with zero attached hydrogens (tertiary/aromatic N) is 1. The largest absolute Gasteiger partial charge is 0.416 e. The number of carbonyl (C=O) groups is 2. The summed E-state index contributed by atoms with van der Waals surface area (Å²) >= 11 is 0.